The van der Waals surface area contributed by atoms with Crippen LogP contribution in [0.15, 0.2) is 0 Å². The lowest BCUT2D eigenvalue weighted by Crippen LogP contribution is -2.75. The molecule has 2 bridgehead atoms. The van der Waals surface area contributed by atoms with Crippen molar-refractivity contribution in [2.45, 2.75) is 217 Å². The summed E-state index contributed by atoms with van der Waals surface area (Å²) in [5.41, 5.74) is -2.16. The van der Waals surface area contributed by atoms with Crippen LogP contribution in [0.2, 0.25) is 0 Å². The molecule has 24 atom stereocenters. The van der Waals surface area contributed by atoms with Gasteiger partial charge in [0.1, 0.15) is 67.1 Å². The number of carbonyl (C=O) groups excluding carboxylic acids is 1. The molecule has 1 spiro atoms. The number of aliphatic hydroxyl groups excluding tert-OH is 9. The van der Waals surface area contributed by atoms with Crippen molar-refractivity contribution in [1.82, 2.24) is 0 Å². The van der Waals surface area contributed by atoms with Crippen molar-refractivity contribution in [3.8, 4) is 0 Å². The first-order valence-corrected chi connectivity index (χ1v) is 24.5. The van der Waals surface area contributed by atoms with Gasteiger partial charge in [0.15, 0.2) is 18.9 Å². The van der Waals surface area contributed by atoms with Crippen LogP contribution in [0.5, 0.6) is 0 Å². The Hall–Kier alpha value is -1.17. The first-order chi connectivity index (χ1) is 30.8. The summed E-state index contributed by atoms with van der Waals surface area (Å²) in [6.07, 6.45) is -13.9. The Morgan fingerprint density at radius 2 is 1.32 bits per heavy atom. The van der Waals surface area contributed by atoms with Crippen LogP contribution in [0, 0.1) is 50.2 Å². The SMILES string of the molecule is CC(=O)O[C@H]1CC(C)(C)CC2[C@]13CO[C@@]21CCC2[C@@]4(C)CC[C@H](O[C@@H]5OC[C@H](O[C@@H]6O[C@H](CO)[C@@H](O)[C@H](O)[C@H]6O[C@@H]6OC[C@@H](O)[C@H](O)[C@H]6O)[C@H](O)[C@H]5O)C(C)(C)C4CC[C@@]2(C)[C@]1(C)C[C@H]3O. The molecule has 0 aromatic rings. The predicted octanol–water partition coefficient (Wildman–Crippen LogP) is 0.645. The molecule has 9 aliphatic rings. The van der Waals surface area contributed by atoms with Crippen LogP contribution in [-0.2, 0) is 42.7 Å². The third-order valence-electron chi connectivity index (χ3n) is 20.0. The topological polar surface area (TPSA) is 273 Å². The number of rotatable bonds is 8. The van der Waals surface area contributed by atoms with Crippen LogP contribution in [0.3, 0.4) is 0 Å². The van der Waals surface area contributed by atoms with Crippen molar-refractivity contribution >= 4 is 5.97 Å². The van der Waals surface area contributed by atoms with Gasteiger partial charge in [-0.1, -0.05) is 48.5 Å². The van der Waals surface area contributed by atoms with Crippen LogP contribution in [0.25, 0.3) is 0 Å². The van der Waals surface area contributed by atoms with Gasteiger partial charge in [-0.3, -0.25) is 4.79 Å². The van der Waals surface area contributed by atoms with Crippen molar-refractivity contribution in [3.63, 3.8) is 0 Å². The number of ether oxygens (including phenoxy) is 8. The van der Waals surface area contributed by atoms with Gasteiger partial charge in [0.25, 0.3) is 0 Å². The second-order valence-electron chi connectivity index (χ2n) is 24.1. The van der Waals surface area contributed by atoms with E-state index in [4.69, 9.17) is 37.9 Å². The molecule has 5 aliphatic carbocycles. The van der Waals surface area contributed by atoms with Gasteiger partial charge in [0.2, 0.25) is 0 Å². The van der Waals surface area contributed by atoms with E-state index in [1.165, 1.54) is 6.92 Å². The van der Waals surface area contributed by atoms with Crippen LogP contribution in [0.1, 0.15) is 113 Å². The molecule has 0 radical (unpaired) electrons. The summed E-state index contributed by atoms with van der Waals surface area (Å²) in [6.45, 7) is 16.7. The maximum atomic E-state index is 12.5. The lowest BCUT2D eigenvalue weighted by molar-refractivity contribution is -0.378. The molecule has 378 valence electrons. The van der Waals surface area contributed by atoms with E-state index in [0.717, 1.165) is 38.5 Å². The van der Waals surface area contributed by atoms with Crippen molar-refractivity contribution in [3.05, 3.63) is 0 Å². The fraction of sp³-hybridized carbons (Fsp3) is 0.979. The zero-order valence-electron chi connectivity index (χ0n) is 39.9. The quantitative estimate of drug-likeness (QED) is 0.119. The summed E-state index contributed by atoms with van der Waals surface area (Å²) in [7, 11) is 0. The van der Waals surface area contributed by atoms with Crippen molar-refractivity contribution in [1.29, 1.82) is 0 Å². The average Bonchev–Trinajstić information content (AvgIpc) is 3.52. The summed E-state index contributed by atoms with van der Waals surface area (Å²) in [5.74, 6) is 0.292. The molecular formula is C48H78O18. The first kappa shape index (κ1) is 49.8. The Labute approximate surface area is 387 Å². The first-order valence-electron chi connectivity index (χ1n) is 24.5. The van der Waals surface area contributed by atoms with Gasteiger partial charge >= 0.3 is 5.97 Å². The summed E-state index contributed by atoms with van der Waals surface area (Å²) in [5, 5.41) is 97.8. The highest BCUT2D eigenvalue weighted by molar-refractivity contribution is 5.66. The molecule has 9 N–H and O–H groups in total. The largest absolute Gasteiger partial charge is 0.462 e. The minimum absolute atomic E-state index is 0.0518. The highest BCUT2D eigenvalue weighted by Gasteiger charge is 2.82. The molecule has 0 amide bonds. The van der Waals surface area contributed by atoms with Gasteiger partial charge in [0, 0.05) is 18.3 Å². The Morgan fingerprint density at radius 1 is 0.652 bits per heavy atom. The Bertz CT molecular complexity index is 1800. The minimum atomic E-state index is -1.76. The number of fused-ring (bicyclic) bond motifs is 4. The van der Waals surface area contributed by atoms with Crippen molar-refractivity contribution in [2.24, 2.45) is 50.2 Å². The van der Waals surface area contributed by atoms with E-state index in [1.54, 1.807) is 0 Å². The van der Waals surface area contributed by atoms with Crippen molar-refractivity contribution < 1.29 is 88.6 Å². The fourth-order valence-electron chi connectivity index (χ4n) is 16.5. The standard InChI is InChI=1S/C48H78O18/c1-22(50)62-31-17-42(2,3)15-28-47(31)21-61-48(28)14-10-27-44(6)12-11-30(43(4,5)26(44)9-13-45(27,7)46(48,8)16-29(47)52)65-39-37(58)34(55)25(20-60-39)64-41-38(35(56)33(54)24(18-49)63-41)66-40-36(57)32(53)23(51)19-59-40/h23-41,49,51-58H,9-21H2,1-8H3/t23-,24-,25+,26?,27?,28?,29-,30+,31+,32+,33-,34+,35+,36-,37-,38-,39+,40+,41+,44+,45-,46+,47+,48+/m1/s1. The van der Waals surface area contributed by atoms with Gasteiger partial charge < -0.3 is 83.9 Å². The molecule has 3 unspecified atom stereocenters. The molecule has 0 aromatic heterocycles. The van der Waals surface area contributed by atoms with Crippen LogP contribution < -0.4 is 0 Å². The maximum absolute atomic E-state index is 12.5. The molecule has 4 saturated heterocycles. The number of esters is 1. The minimum Gasteiger partial charge on any atom is -0.462 e. The monoisotopic (exact) mass is 943 g/mol. The van der Waals surface area contributed by atoms with Gasteiger partial charge in [0.05, 0.1) is 49.7 Å². The fourth-order valence-corrected chi connectivity index (χ4v) is 16.5. The zero-order valence-corrected chi connectivity index (χ0v) is 39.9. The van der Waals surface area contributed by atoms with Crippen LogP contribution in [-0.4, -0.2) is 182 Å². The maximum Gasteiger partial charge on any atom is 0.302 e. The number of aliphatic hydroxyl groups is 9. The highest BCUT2D eigenvalue weighted by Crippen LogP contribution is 2.80. The molecule has 0 aromatic carbocycles. The lowest BCUT2D eigenvalue weighted by Gasteiger charge is -2.75. The Morgan fingerprint density at radius 3 is 2.02 bits per heavy atom. The van der Waals surface area contributed by atoms with E-state index in [-0.39, 0.29) is 57.6 Å². The smallest absolute Gasteiger partial charge is 0.302 e. The molecule has 66 heavy (non-hydrogen) atoms. The zero-order chi connectivity index (χ0) is 47.9. The van der Waals surface area contributed by atoms with E-state index in [0.29, 0.717) is 31.8 Å². The van der Waals surface area contributed by atoms with Crippen LogP contribution >= 0.6 is 0 Å². The second-order valence-corrected chi connectivity index (χ2v) is 24.1. The Balaban J connectivity index is 0.888. The lowest BCUT2D eigenvalue weighted by atomic mass is 9.30. The molecule has 9 rings (SSSR count). The summed E-state index contributed by atoms with van der Waals surface area (Å²) >= 11 is 0. The molecular weight excluding hydrogens is 865 g/mol. The van der Waals surface area contributed by atoms with Gasteiger partial charge in [-0.2, -0.15) is 0 Å². The molecule has 18 heteroatoms. The molecule has 18 nitrogen and oxygen atoms in total. The summed E-state index contributed by atoms with van der Waals surface area (Å²) < 4.78 is 49.0. The third-order valence-corrected chi connectivity index (χ3v) is 20.0. The van der Waals surface area contributed by atoms with E-state index < -0.39 is 116 Å². The number of hydrogen-bond acceptors (Lipinski definition) is 18. The normalized spacial score (nSPS) is 56.3. The van der Waals surface area contributed by atoms with Crippen LogP contribution in [0.4, 0.5) is 0 Å². The van der Waals surface area contributed by atoms with Gasteiger partial charge in [-0.15, -0.1) is 0 Å². The van der Waals surface area contributed by atoms with Gasteiger partial charge in [-0.25, -0.2) is 0 Å². The second kappa shape index (κ2) is 17.0. The van der Waals surface area contributed by atoms with E-state index in [1.807, 2.05) is 0 Å². The summed E-state index contributed by atoms with van der Waals surface area (Å²) in [6, 6.07) is 0. The molecule has 4 heterocycles. The Kier molecular flexibility index (Phi) is 12.8. The van der Waals surface area contributed by atoms with Crippen molar-refractivity contribution in [2.75, 3.05) is 26.4 Å². The number of carbonyl (C=O) groups is 1. The molecule has 9 fully saturated rings. The van der Waals surface area contributed by atoms with E-state index in [9.17, 15) is 50.8 Å². The molecule has 5 saturated carbocycles. The highest BCUT2D eigenvalue weighted by atomic mass is 16.8. The number of hydrogen-bond donors (Lipinski definition) is 9. The average molecular weight is 943 g/mol. The third kappa shape index (κ3) is 7.19. The van der Waals surface area contributed by atoms with Gasteiger partial charge in [-0.05, 0) is 91.3 Å². The van der Waals surface area contributed by atoms with E-state index >= 15 is 0 Å². The molecule has 4 aliphatic heterocycles. The van der Waals surface area contributed by atoms with E-state index in [2.05, 4.69) is 48.5 Å². The summed E-state index contributed by atoms with van der Waals surface area (Å²) in [4.78, 5) is 12.5. The predicted molar refractivity (Wildman–Crippen MR) is 228 cm³/mol.